The highest BCUT2D eigenvalue weighted by Crippen LogP contribution is 2.30. The number of amides is 3. The minimum atomic E-state index is -4.10. The summed E-state index contributed by atoms with van der Waals surface area (Å²) in [5.41, 5.74) is 0. The average Bonchev–Trinajstić information content (AvgIpc) is 3.54. The number of likely N-dealkylation sites (tertiary alicyclic amines) is 1. The summed E-state index contributed by atoms with van der Waals surface area (Å²) in [4.78, 5) is 56.7. The number of nitrogens with one attached hydrogen (secondary N) is 1. The minimum Gasteiger partial charge on any atom is -0.467 e. The van der Waals surface area contributed by atoms with E-state index in [0.717, 1.165) is 36.7 Å². The van der Waals surface area contributed by atoms with Gasteiger partial charge in [-0.3, -0.25) is 9.59 Å². The van der Waals surface area contributed by atoms with Crippen LogP contribution in [0.1, 0.15) is 44.9 Å². The van der Waals surface area contributed by atoms with E-state index >= 15 is 0 Å². The summed E-state index contributed by atoms with van der Waals surface area (Å²) in [5.74, 6) is -1.18. The Morgan fingerprint density at radius 3 is 2.22 bits per heavy atom. The lowest BCUT2D eigenvalue weighted by Crippen LogP contribution is -2.51. The molecule has 0 saturated carbocycles. The van der Waals surface area contributed by atoms with Crippen molar-refractivity contribution in [1.29, 1.82) is 0 Å². The maximum Gasteiger partial charge on any atom is 0.409 e. The Balaban J connectivity index is 1.24. The lowest BCUT2D eigenvalue weighted by molar-refractivity contribution is -0.146. The van der Waals surface area contributed by atoms with Gasteiger partial charge in [0.05, 0.1) is 18.6 Å². The standard InChI is InChI=1S/C30H43Cl2N5O8S/c1-34-13-15-36(16-14-34)30(41)45-17-9-21-7-11-35(12-8-21)27(38)6-5-25(29(40)44-2)33-28(39)26-4-3-10-37(26)46(42,43)24-19-22(31)18-23(32)20-24/h18-21,25-26H,3-17H2,1-2H3,(H,33,39)/t25-,26-/m0/s1. The van der Waals surface area contributed by atoms with Gasteiger partial charge in [-0.15, -0.1) is 0 Å². The maximum absolute atomic E-state index is 13.4. The third-order valence-corrected chi connectivity index (χ3v) is 11.2. The van der Waals surface area contributed by atoms with Crippen molar-refractivity contribution >= 4 is 57.1 Å². The van der Waals surface area contributed by atoms with E-state index in [9.17, 15) is 27.6 Å². The monoisotopic (exact) mass is 703 g/mol. The maximum atomic E-state index is 13.4. The van der Waals surface area contributed by atoms with Crippen LogP contribution in [-0.2, 0) is 33.9 Å². The minimum absolute atomic E-state index is 0.00103. The number of sulfonamides is 1. The van der Waals surface area contributed by atoms with Crippen LogP contribution in [0.5, 0.6) is 0 Å². The van der Waals surface area contributed by atoms with Crippen LogP contribution in [-0.4, -0.2) is 130 Å². The van der Waals surface area contributed by atoms with Gasteiger partial charge in [-0.05, 0) is 69.7 Å². The zero-order valence-electron chi connectivity index (χ0n) is 26.3. The van der Waals surface area contributed by atoms with Gasteiger partial charge in [0.15, 0.2) is 0 Å². The van der Waals surface area contributed by atoms with Crippen molar-refractivity contribution < 1.29 is 37.1 Å². The number of carbonyl (C=O) groups excluding carboxylic acids is 4. The van der Waals surface area contributed by atoms with Gasteiger partial charge in [0, 0.05) is 62.3 Å². The first-order chi connectivity index (χ1) is 21.9. The van der Waals surface area contributed by atoms with Crippen LogP contribution in [0.2, 0.25) is 10.0 Å². The number of piperazine rings is 1. The van der Waals surface area contributed by atoms with E-state index < -0.39 is 34.0 Å². The van der Waals surface area contributed by atoms with Crippen molar-refractivity contribution in [3.63, 3.8) is 0 Å². The SMILES string of the molecule is COC(=O)[C@H](CCC(=O)N1CCC(CCOC(=O)N2CCN(C)CC2)CC1)NC(=O)[C@@H]1CCCN1S(=O)(=O)c1cc(Cl)cc(Cl)c1. The second-order valence-corrected chi connectivity index (χ2v) is 14.8. The molecule has 3 amide bonds. The summed E-state index contributed by atoms with van der Waals surface area (Å²) in [6.07, 6.45) is 2.72. The molecule has 0 spiro atoms. The molecule has 3 fully saturated rings. The predicted molar refractivity (Wildman–Crippen MR) is 171 cm³/mol. The number of piperidine rings is 1. The summed E-state index contributed by atoms with van der Waals surface area (Å²) in [6.45, 7) is 4.55. The second-order valence-electron chi connectivity index (χ2n) is 12.0. The van der Waals surface area contributed by atoms with E-state index in [0.29, 0.717) is 45.1 Å². The van der Waals surface area contributed by atoms with Crippen molar-refractivity contribution in [3.05, 3.63) is 28.2 Å². The number of benzene rings is 1. The molecular weight excluding hydrogens is 661 g/mol. The number of esters is 1. The molecular formula is C30H43Cl2N5O8S. The molecule has 3 aliphatic heterocycles. The van der Waals surface area contributed by atoms with Crippen LogP contribution >= 0.6 is 23.2 Å². The first-order valence-corrected chi connectivity index (χ1v) is 17.8. The Kier molecular flexibility index (Phi) is 12.9. The van der Waals surface area contributed by atoms with Crippen molar-refractivity contribution in [3.8, 4) is 0 Å². The number of methoxy groups -OCH3 is 1. The van der Waals surface area contributed by atoms with Gasteiger partial charge in [0.25, 0.3) is 0 Å². The molecule has 3 heterocycles. The van der Waals surface area contributed by atoms with Gasteiger partial charge in [-0.25, -0.2) is 18.0 Å². The van der Waals surface area contributed by atoms with Gasteiger partial charge >= 0.3 is 12.1 Å². The van der Waals surface area contributed by atoms with Gasteiger partial charge < -0.3 is 29.5 Å². The van der Waals surface area contributed by atoms with E-state index in [4.69, 9.17) is 32.7 Å². The molecule has 1 N–H and O–H groups in total. The molecule has 13 nitrogen and oxygen atoms in total. The molecule has 46 heavy (non-hydrogen) atoms. The Bertz CT molecular complexity index is 1350. The Morgan fingerprint density at radius 2 is 1.59 bits per heavy atom. The van der Waals surface area contributed by atoms with Gasteiger partial charge in [-0.2, -0.15) is 4.31 Å². The van der Waals surface area contributed by atoms with E-state index in [1.165, 1.54) is 25.3 Å². The normalized spacial score (nSPS) is 20.7. The zero-order valence-corrected chi connectivity index (χ0v) is 28.6. The Morgan fingerprint density at radius 1 is 0.935 bits per heavy atom. The summed E-state index contributed by atoms with van der Waals surface area (Å²) < 4.78 is 38.2. The van der Waals surface area contributed by atoms with Crippen LogP contribution < -0.4 is 5.32 Å². The molecule has 16 heteroatoms. The van der Waals surface area contributed by atoms with Gasteiger partial charge in [-0.1, -0.05) is 23.2 Å². The fourth-order valence-corrected chi connectivity index (χ4v) is 8.44. The summed E-state index contributed by atoms with van der Waals surface area (Å²) >= 11 is 12.0. The van der Waals surface area contributed by atoms with E-state index in [1.807, 2.05) is 7.05 Å². The van der Waals surface area contributed by atoms with Crippen LogP contribution in [0.3, 0.4) is 0 Å². The van der Waals surface area contributed by atoms with E-state index in [1.54, 1.807) is 9.80 Å². The smallest absolute Gasteiger partial charge is 0.409 e. The summed E-state index contributed by atoms with van der Waals surface area (Å²) in [5, 5.41) is 2.91. The molecule has 1 aromatic rings. The fourth-order valence-electron chi connectivity index (χ4n) is 6.05. The first kappa shape index (κ1) is 36.2. The number of carbonyl (C=O) groups is 4. The lowest BCUT2D eigenvalue weighted by Gasteiger charge is -2.33. The molecule has 0 bridgehead atoms. The predicted octanol–water partition coefficient (Wildman–Crippen LogP) is 2.60. The highest BCUT2D eigenvalue weighted by molar-refractivity contribution is 7.89. The topological polar surface area (TPSA) is 146 Å². The van der Waals surface area contributed by atoms with E-state index in [-0.39, 0.29) is 52.7 Å². The Hall–Kier alpha value is -2.65. The summed E-state index contributed by atoms with van der Waals surface area (Å²) in [6, 6.07) is 1.78. The number of nitrogens with zero attached hydrogens (tertiary/aromatic N) is 4. The average molecular weight is 705 g/mol. The van der Waals surface area contributed by atoms with Crippen molar-refractivity contribution in [2.45, 2.75) is 61.9 Å². The number of likely N-dealkylation sites (N-methyl/N-ethyl adjacent to an activating group) is 1. The third kappa shape index (κ3) is 9.46. The highest BCUT2D eigenvalue weighted by Gasteiger charge is 2.41. The van der Waals surface area contributed by atoms with E-state index in [2.05, 4.69) is 10.2 Å². The number of halogens is 2. The third-order valence-electron chi connectivity index (χ3n) is 8.88. The molecule has 0 aromatic heterocycles. The van der Waals surface area contributed by atoms with Gasteiger partial charge in [0.2, 0.25) is 21.8 Å². The van der Waals surface area contributed by atoms with Crippen molar-refractivity contribution in [2.75, 3.05) is 66.6 Å². The molecule has 1 aromatic carbocycles. The lowest BCUT2D eigenvalue weighted by atomic mass is 9.93. The number of ether oxygens (including phenoxy) is 2. The highest BCUT2D eigenvalue weighted by atomic mass is 35.5. The number of hydrogen-bond acceptors (Lipinski definition) is 9. The summed E-state index contributed by atoms with van der Waals surface area (Å²) in [7, 11) is -0.891. The van der Waals surface area contributed by atoms with Gasteiger partial charge in [0.1, 0.15) is 12.1 Å². The molecule has 0 unspecified atom stereocenters. The molecule has 0 radical (unpaired) electrons. The first-order valence-electron chi connectivity index (χ1n) is 15.6. The number of rotatable bonds is 11. The molecule has 3 aliphatic rings. The van der Waals surface area contributed by atoms with Crippen LogP contribution in [0, 0.1) is 5.92 Å². The second kappa shape index (κ2) is 16.4. The van der Waals surface area contributed by atoms with Crippen LogP contribution in [0.25, 0.3) is 0 Å². The van der Waals surface area contributed by atoms with Crippen molar-refractivity contribution in [1.82, 2.24) is 24.3 Å². The molecule has 4 rings (SSSR count). The largest absolute Gasteiger partial charge is 0.467 e. The molecule has 3 saturated heterocycles. The molecule has 0 aliphatic carbocycles. The molecule has 256 valence electrons. The number of hydrogen-bond donors (Lipinski definition) is 1. The van der Waals surface area contributed by atoms with Crippen LogP contribution in [0.15, 0.2) is 23.1 Å². The van der Waals surface area contributed by atoms with Crippen LogP contribution in [0.4, 0.5) is 4.79 Å². The quantitative estimate of drug-likeness (QED) is 0.344. The fraction of sp³-hybridized carbons (Fsp3) is 0.667. The van der Waals surface area contributed by atoms with Crippen molar-refractivity contribution in [2.24, 2.45) is 5.92 Å². The zero-order chi connectivity index (χ0) is 33.4. The molecule has 2 atom stereocenters. The Labute approximate surface area is 280 Å².